The van der Waals surface area contributed by atoms with E-state index in [0.717, 1.165) is 5.56 Å². The van der Waals surface area contributed by atoms with Crippen molar-refractivity contribution in [3.8, 4) is 5.75 Å². The van der Waals surface area contributed by atoms with Gasteiger partial charge >= 0.3 is 5.97 Å². The number of aromatic hydroxyl groups is 1. The minimum atomic E-state index is -1.06. The molecular weight excluding hydrogens is 336 g/mol. The van der Waals surface area contributed by atoms with E-state index in [0.29, 0.717) is 11.4 Å². The van der Waals surface area contributed by atoms with Crippen molar-refractivity contribution < 1.29 is 24.2 Å². The Morgan fingerprint density at radius 1 is 1.00 bits per heavy atom. The van der Waals surface area contributed by atoms with Gasteiger partial charge in [-0.3, -0.25) is 9.59 Å². The van der Waals surface area contributed by atoms with Crippen LogP contribution in [0.2, 0.25) is 0 Å². The lowest BCUT2D eigenvalue weighted by atomic mass is 10.1. The number of nitrogens with one attached hydrogen (secondary N) is 2. The predicted octanol–water partition coefficient (Wildman–Crippen LogP) is 2.84. The zero-order valence-electron chi connectivity index (χ0n) is 14.7. The Hall–Kier alpha value is -3.35. The number of carbonyl (C=O) groups is 3. The van der Waals surface area contributed by atoms with E-state index in [4.69, 9.17) is 4.74 Å². The van der Waals surface area contributed by atoms with E-state index in [1.54, 1.807) is 37.3 Å². The molecule has 136 valence electrons. The summed E-state index contributed by atoms with van der Waals surface area (Å²) < 4.78 is 5.11. The highest BCUT2D eigenvalue weighted by Crippen LogP contribution is 2.20. The van der Waals surface area contributed by atoms with Crippen LogP contribution in [0.1, 0.15) is 29.8 Å². The largest absolute Gasteiger partial charge is 0.507 e. The molecule has 7 heteroatoms. The van der Waals surface area contributed by atoms with Crippen molar-refractivity contribution in [2.24, 2.45) is 0 Å². The molecule has 0 saturated heterocycles. The standard InChI is InChI=1S/C19H20N2O5/c1-11-4-9-17(23)16(10-11)19(25)26-12(2)18(24)21-15-7-5-14(6-8-15)20-13(3)22/h4-10,12,23H,1-3H3,(H,20,22)(H,21,24). The zero-order valence-corrected chi connectivity index (χ0v) is 14.7. The molecule has 1 unspecified atom stereocenters. The van der Waals surface area contributed by atoms with E-state index in [-0.39, 0.29) is 17.2 Å². The number of amides is 2. The van der Waals surface area contributed by atoms with Crippen LogP contribution < -0.4 is 10.6 Å². The zero-order chi connectivity index (χ0) is 19.3. The van der Waals surface area contributed by atoms with Gasteiger partial charge in [0.2, 0.25) is 5.91 Å². The SMILES string of the molecule is CC(=O)Nc1ccc(NC(=O)C(C)OC(=O)c2cc(C)ccc2O)cc1. The van der Waals surface area contributed by atoms with E-state index < -0.39 is 18.0 Å². The number of hydrogen-bond acceptors (Lipinski definition) is 5. The molecule has 7 nitrogen and oxygen atoms in total. The molecule has 2 aromatic carbocycles. The second kappa shape index (κ2) is 8.15. The van der Waals surface area contributed by atoms with Gasteiger partial charge in [0, 0.05) is 18.3 Å². The first kappa shape index (κ1) is 19.0. The van der Waals surface area contributed by atoms with Gasteiger partial charge in [-0.25, -0.2) is 4.79 Å². The normalized spacial score (nSPS) is 11.3. The average Bonchev–Trinajstić information content (AvgIpc) is 2.58. The van der Waals surface area contributed by atoms with Crippen LogP contribution in [0.5, 0.6) is 5.75 Å². The Balaban J connectivity index is 1.97. The van der Waals surface area contributed by atoms with Crippen LogP contribution in [0.25, 0.3) is 0 Å². The maximum atomic E-state index is 12.2. The molecule has 0 aliphatic carbocycles. The third-order valence-electron chi connectivity index (χ3n) is 3.50. The first-order chi connectivity index (χ1) is 12.3. The van der Waals surface area contributed by atoms with Gasteiger partial charge in [0.05, 0.1) is 0 Å². The van der Waals surface area contributed by atoms with Crippen LogP contribution in [-0.4, -0.2) is 29.0 Å². The highest BCUT2D eigenvalue weighted by atomic mass is 16.5. The monoisotopic (exact) mass is 356 g/mol. The number of phenolic OH excluding ortho intramolecular Hbond substituents is 1. The van der Waals surface area contributed by atoms with Gasteiger partial charge in [-0.1, -0.05) is 11.6 Å². The third kappa shape index (κ3) is 5.07. The molecule has 0 aromatic heterocycles. The van der Waals surface area contributed by atoms with Crippen LogP contribution >= 0.6 is 0 Å². The van der Waals surface area contributed by atoms with Crippen molar-refractivity contribution in [2.45, 2.75) is 26.9 Å². The van der Waals surface area contributed by atoms with E-state index in [9.17, 15) is 19.5 Å². The molecule has 0 radical (unpaired) electrons. The van der Waals surface area contributed by atoms with Crippen LogP contribution in [0.3, 0.4) is 0 Å². The maximum Gasteiger partial charge on any atom is 0.342 e. The summed E-state index contributed by atoms with van der Waals surface area (Å²) in [6.45, 7) is 4.61. The van der Waals surface area contributed by atoms with Crippen molar-refractivity contribution in [2.75, 3.05) is 10.6 Å². The first-order valence-corrected chi connectivity index (χ1v) is 7.95. The number of aryl methyl sites for hydroxylation is 1. The Kier molecular flexibility index (Phi) is 5.95. The summed E-state index contributed by atoms with van der Waals surface area (Å²) in [5, 5.41) is 15.0. The summed E-state index contributed by atoms with van der Waals surface area (Å²) >= 11 is 0. The summed E-state index contributed by atoms with van der Waals surface area (Å²) in [7, 11) is 0. The quantitative estimate of drug-likeness (QED) is 0.715. The lowest BCUT2D eigenvalue weighted by Crippen LogP contribution is -2.30. The molecule has 26 heavy (non-hydrogen) atoms. The summed E-state index contributed by atoms with van der Waals surface area (Å²) in [6, 6.07) is 11.0. The van der Waals surface area contributed by atoms with Gasteiger partial charge in [0.25, 0.3) is 5.91 Å². The van der Waals surface area contributed by atoms with Gasteiger partial charge < -0.3 is 20.5 Å². The maximum absolute atomic E-state index is 12.2. The minimum absolute atomic E-state index is 0.00399. The van der Waals surface area contributed by atoms with Gasteiger partial charge in [-0.2, -0.15) is 0 Å². The van der Waals surface area contributed by atoms with Crippen LogP contribution in [0, 0.1) is 6.92 Å². The molecule has 1 atom stereocenters. The molecule has 3 N–H and O–H groups in total. The third-order valence-corrected chi connectivity index (χ3v) is 3.50. The number of ether oxygens (including phenoxy) is 1. The highest BCUT2D eigenvalue weighted by Gasteiger charge is 2.21. The summed E-state index contributed by atoms with van der Waals surface area (Å²) in [5.41, 5.74) is 1.88. The van der Waals surface area contributed by atoms with Crippen molar-refractivity contribution in [1.82, 2.24) is 0 Å². The Morgan fingerprint density at radius 2 is 1.58 bits per heavy atom. The summed E-state index contributed by atoms with van der Waals surface area (Å²) in [4.78, 5) is 35.3. The van der Waals surface area contributed by atoms with E-state index in [1.165, 1.54) is 26.0 Å². The summed E-state index contributed by atoms with van der Waals surface area (Å²) in [6.07, 6.45) is -1.06. The van der Waals surface area contributed by atoms with E-state index >= 15 is 0 Å². The molecular formula is C19H20N2O5. The molecule has 0 aliphatic heterocycles. The number of hydrogen-bond donors (Lipinski definition) is 3. The van der Waals surface area contributed by atoms with Crippen molar-refractivity contribution in [3.63, 3.8) is 0 Å². The fraction of sp³-hybridized carbons (Fsp3) is 0.211. The second-order valence-electron chi connectivity index (χ2n) is 5.82. The molecule has 0 spiro atoms. The van der Waals surface area contributed by atoms with Gasteiger partial charge in [0.15, 0.2) is 6.10 Å². The molecule has 2 rings (SSSR count). The average molecular weight is 356 g/mol. The summed E-state index contributed by atoms with van der Waals surface area (Å²) in [5.74, 6) is -1.70. The lowest BCUT2D eigenvalue weighted by Gasteiger charge is -2.14. The van der Waals surface area contributed by atoms with Crippen molar-refractivity contribution >= 4 is 29.2 Å². The molecule has 2 amide bonds. The fourth-order valence-electron chi connectivity index (χ4n) is 2.17. The lowest BCUT2D eigenvalue weighted by molar-refractivity contribution is -0.123. The molecule has 0 saturated carbocycles. The molecule has 0 heterocycles. The first-order valence-electron chi connectivity index (χ1n) is 7.95. The number of phenols is 1. The van der Waals surface area contributed by atoms with Crippen LogP contribution in [0.15, 0.2) is 42.5 Å². The van der Waals surface area contributed by atoms with Crippen LogP contribution in [0.4, 0.5) is 11.4 Å². The number of carbonyl (C=O) groups excluding carboxylic acids is 3. The van der Waals surface area contributed by atoms with Crippen molar-refractivity contribution in [1.29, 1.82) is 0 Å². The Bertz CT molecular complexity index is 830. The number of anilines is 2. The fourth-order valence-corrected chi connectivity index (χ4v) is 2.17. The minimum Gasteiger partial charge on any atom is -0.507 e. The number of benzene rings is 2. The Morgan fingerprint density at radius 3 is 2.15 bits per heavy atom. The number of rotatable bonds is 5. The highest BCUT2D eigenvalue weighted by molar-refractivity contribution is 5.98. The van der Waals surface area contributed by atoms with Gasteiger partial charge in [-0.15, -0.1) is 0 Å². The molecule has 2 aromatic rings. The molecule has 0 fully saturated rings. The molecule has 0 aliphatic rings. The second-order valence-corrected chi connectivity index (χ2v) is 5.82. The molecule has 0 bridgehead atoms. The smallest absolute Gasteiger partial charge is 0.342 e. The van der Waals surface area contributed by atoms with Crippen LogP contribution in [-0.2, 0) is 14.3 Å². The van der Waals surface area contributed by atoms with E-state index in [2.05, 4.69) is 10.6 Å². The van der Waals surface area contributed by atoms with Gasteiger partial charge in [-0.05, 0) is 50.2 Å². The topological polar surface area (TPSA) is 105 Å². The Labute approximate surface area is 151 Å². The number of esters is 1. The van der Waals surface area contributed by atoms with Crippen molar-refractivity contribution in [3.05, 3.63) is 53.6 Å². The van der Waals surface area contributed by atoms with E-state index in [1.807, 2.05) is 0 Å². The predicted molar refractivity (Wildman–Crippen MR) is 97.1 cm³/mol. The van der Waals surface area contributed by atoms with Gasteiger partial charge in [0.1, 0.15) is 11.3 Å².